The monoisotopic (exact) mass is 302 g/mol. The van der Waals surface area contributed by atoms with Crippen molar-refractivity contribution >= 4 is 35.2 Å². The van der Waals surface area contributed by atoms with Crippen molar-refractivity contribution in [1.29, 1.82) is 0 Å². The highest BCUT2D eigenvalue weighted by Gasteiger charge is 2.36. The molecule has 19 heavy (non-hydrogen) atoms. The summed E-state index contributed by atoms with van der Waals surface area (Å²) in [7, 11) is 0. The van der Waals surface area contributed by atoms with Gasteiger partial charge in [-0.1, -0.05) is 18.5 Å². The Morgan fingerprint density at radius 3 is 2.95 bits per heavy atom. The Morgan fingerprint density at radius 2 is 2.32 bits per heavy atom. The number of aryl methyl sites for hydroxylation is 1. The summed E-state index contributed by atoms with van der Waals surface area (Å²) in [5, 5.41) is 9.61. The number of carbonyl (C=O) groups excluding carboxylic acids is 1. The van der Waals surface area contributed by atoms with E-state index in [2.05, 4.69) is 0 Å². The maximum Gasteiger partial charge on any atom is 0.327 e. The number of rotatable bonds is 4. The fourth-order valence-electron chi connectivity index (χ4n) is 2.07. The smallest absolute Gasteiger partial charge is 0.327 e. The zero-order valence-electron chi connectivity index (χ0n) is 10.5. The van der Waals surface area contributed by atoms with Crippen molar-refractivity contribution in [2.24, 2.45) is 0 Å². The van der Waals surface area contributed by atoms with Crippen molar-refractivity contribution < 1.29 is 14.7 Å². The Kier molecular flexibility index (Phi) is 4.42. The molecule has 1 atom stereocenters. The quantitative estimate of drug-likeness (QED) is 0.926. The lowest BCUT2D eigenvalue weighted by Crippen LogP contribution is -2.42. The molecule has 1 amide bonds. The van der Waals surface area contributed by atoms with Crippen LogP contribution in [0.15, 0.2) is 12.3 Å². The van der Waals surface area contributed by atoms with Crippen LogP contribution in [0.5, 0.6) is 0 Å². The molecule has 1 aromatic heterocycles. The zero-order chi connectivity index (χ0) is 14.0. The summed E-state index contributed by atoms with van der Waals surface area (Å²) in [6.45, 7) is 2.69. The molecule has 1 aliphatic rings. The maximum absolute atomic E-state index is 12.4. The highest BCUT2D eigenvalue weighted by molar-refractivity contribution is 7.99. The van der Waals surface area contributed by atoms with Gasteiger partial charge in [-0.25, -0.2) is 4.79 Å². The molecule has 2 heterocycles. The number of thioether (sulfide) groups is 1. The molecule has 0 aliphatic carbocycles. The summed E-state index contributed by atoms with van der Waals surface area (Å²) >= 11 is 7.39. The van der Waals surface area contributed by atoms with Crippen LogP contribution in [0, 0.1) is 0 Å². The fourth-order valence-corrected chi connectivity index (χ4v) is 3.44. The largest absolute Gasteiger partial charge is 0.480 e. The van der Waals surface area contributed by atoms with Crippen molar-refractivity contribution in [3.05, 3.63) is 23.0 Å². The van der Waals surface area contributed by atoms with Gasteiger partial charge in [-0.3, -0.25) is 4.79 Å². The van der Waals surface area contributed by atoms with Gasteiger partial charge in [-0.2, -0.15) is 0 Å². The molecule has 1 N–H and O–H groups in total. The molecule has 0 saturated carbocycles. The van der Waals surface area contributed by atoms with Crippen LogP contribution in [0.3, 0.4) is 0 Å². The molecule has 0 spiro atoms. The number of hydrogen-bond donors (Lipinski definition) is 1. The lowest BCUT2D eigenvalue weighted by molar-refractivity contribution is -0.140. The number of hydrogen-bond acceptors (Lipinski definition) is 3. The number of carboxylic acids is 1. The second kappa shape index (κ2) is 5.88. The Bertz CT molecular complexity index is 503. The number of aromatic nitrogens is 1. The van der Waals surface area contributed by atoms with Crippen molar-refractivity contribution in [2.75, 3.05) is 11.6 Å². The van der Waals surface area contributed by atoms with Crippen LogP contribution in [0.4, 0.5) is 0 Å². The van der Waals surface area contributed by atoms with Crippen LogP contribution in [0.2, 0.25) is 5.02 Å². The number of amides is 1. The van der Waals surface area contributed by atoms with Crippen LogP contribution in [-0.2, 0) is 11.3 Å². The van der Waals surface area contributed by atoms with Crippen molar-refractivity contribution in [3.8, 4) is 0 Å². The van der Waals surface area contributed by atoms with Gasteiger partial charge in [0.15, 0.2) is 0 Å². The van der Waals surface area contributed by atoms with E-state index >= 15 is 0 Å². The van der Waals surface area contributed by atoms with Crippen molar-refractivity contribution in [1.82, 2.24) is 9.47 Å². The molecule has 1 aliphatic heterocycles. The predicted molar refractivity (Wildman–Crippen MR) is 74.7 cm³/mol. The first-order valence-electron chi connectivity index (χ1n) is 6.01. The van der Waals surface area contributed by atoms with Crippen molar-refractivity contribution in [2.45, 2.75) is 25.9 Å². The van der Waals surface area contributed by atoms with Gasteiger partial charge in [0.25, 0.3) is 5.91 Å². The van der Waals surface area contributed by atoms with E-state index in [1.165, 1.54) is 16.7 Å². The van der Waals surface area contributed by atoms with E-state index in [0.29, 0.717) is 28.9 Å². The minimum absolute atomic E-state index is 0.266. The van der Waals surface area contributed by atoms with E-state index in [-0.39, 0.29) is 5.91 Å². The van der Waals surface area contributed by atoms with Crippen LogP contribution in [-0.4, -0.2) is 44.1 Å². The van der Waals surface area contributed by atoms with E-state index < -0.39 is 12.0 Å². The molecule has 7 heteroatoms. The molecule has 0 aromatic carbocycles. The SMILES string of the molecule is CCCn1cc(Cl)cc1C(=O)N1CSC[C@H]1C(=O)O. The highest BCUT2D eigenvalue weighted by Crippen LogP contribution is 2.25. The molecule has 1 saturated heterocycles. The molecule has 5 nitrogen and oxygen atoms in total. The molecule has 104 valence electrons. The summed E-state index contributed by atoms with van der Waals surface area (Å²) in [4.78, 5) is 25.0. The highest BCUT2D eigenvalue weighted by atomic mass is 35.5. The Hall–Kier alpha value is -1.14. The van der Waals surface area contributed by atoms with E-state index in [4.69, 9.17) is 16.7 Å². The lowest BCUT2D eigenvalue weighted by Gasteiger charge is -2.21. The zero-order valence-corrected chi connectivity index (χ0v) is 12.1. The van der Waals surface area contributed by atoms with Crippen LogP contribution in [0.25, 0.3) is 0 Å². The van der Waals surface area contributed by atoms with E-state index in [0.717, 1.165) is 6.42 Å². The summed E-state index contributed by atoms with van der Waals surface area (Å²) in [6, 6.07) is 0.850. The third-order valence-corrected chi connectivity index (χ3v) is 4.19. The second-order valence-electron chi connectivity index (χ2n) is 4.37. The first-order chi connectivity index (χ1) is 9.04. The average Bonchev–Trinajstić information content (AvgIpc) is 2.95. The number of halogens is 1. The molecular formula is C12H15ClN2O3S. The van der Waals surface area contributed by atoms with Gasteiger partial charge in [0.05, 0.1) is 10.9 Å². The third-order valence-electron chi connectivity index (χ3n) is 2.98. The number of aliphatic carboxylic acids is 1. The van der Waals surface area contributed by atoms with Gasteiger partial charge < -0.3 is 14.6 Å². The summed E-state index contributed by atoms with van der Waals surface area (Å²) < 4.78 is 1.78. The van der Waals surface area contributed by atoms with Gasteiger partial charge >= 0.3 is 5.97 Å². The summed E-state index contributed by atoms with van der Waals surface area (Å²) in [5.74, 6) is -0.385. The fraction of sp³-hybridized carbons (Fsp3) is 0.500. The number of carboxylic acid groups (broad SMARTS) is 1. The van der Waals surface area contributed by atoms with E-state index in [9.17, 15) is 9.59 Å². The van der Waals surface area contributed by atoms with Crippen LogP contribution in [0.1, 0.15) is 23.8 Å². The van der Waals surface area contributed by atoms with Crippen LogP contribution >= 0.6 is 23.4 Å². The van der Waals surface area contributed by atoms with Gasteiger partial charge in [-0.05, 0) is 12.5 Å². The van der Waals surface area contributed by atoms with Crippen LogP contribution < -0.4 is 0 Å². The first-order valence-corrected chi connectivity index (χ1v) is 7.55. The molecule has 1 aromatic rings. The third kappa shape index (κ3) is 2.90. The number of carbonyl (C=O) groups is 2. The minimum atomic E-state index is -0.960. The van der Waals surface area contributed by atoms with E-state index in [1.807, 2.05) is 6.92 Å². The number of nitrogens with zero attached hydrogens (tertiary/aromatic N) is 2. The Morgan fingerprint density at radius 1 is 1.58 bits per heavy atom. The molecule has 1 fully saturated rings. The summed E-state index contributed by atoms with van der Waals surface area (Å²) in [5.41, 5.74) is 0.459. The van der Waals surface area contributed by atoms with Gasteiger partial charge in [0.2, 0.25) is 0 Å². The molecule has 0 unspecified atom stereocenters. The maximum atomic E-state index is 12.4. The minimum Gasteiger partial charge on any atom is -0.480 e. The van der Waals surface area contributed by atoms with Gasteiger partial charge in [-0.15, -0.1) is 11.8 Å². The predicted octanol–water partition coefficient (Wildman–Crippen LogP) is 2.15. The molecule has 0 radical (unpaired) electrons. The molecule has 0 bridgehead atoms. The normalized spacial score (nSPS) is 18.8. The van der Waals surface area contributed by atoms with Crippen molar-refractivity contribution in [3.63, 3.8) is 0 Å². The molecule has 2 rings (SSSR count). The Labute approximate surface area is 120 Å². The van der Waals surface area contributed by atoms with E-state index in [1.54, 1.807) is 16.8 Å². The molecular weight excluding hydrogens is 288 g/mol. The average molecular weight is 303 g/mol. The first kappa shape index (κ1) is 14.3. The van der Waals surface area contributed by atoms with Gasteiger partial charge in [0.1, 0.15) is 11.7 Å². The van der Waals surface area contributed by atoms with Gasteiger partial charge in [0, 0.05) is 18.5 Å². The second-order valence-corrected chi connectivity index (χ2v) is 5.80. The standard InChI is InChI=1S/C12H15ClN2O3S/c1-2-3-14-5-8(13)4-9(14)11(16)15-7-19-6-10(15)12(17)18/h4-5,10H,2-3,6-7H2,1H3,(H,17,18)/t10-/m0/s1. The Balaban J connectivity index is 2.26. The topological polar surface area (TPSA) is 62.5 Å². The summed E-state index contributed by atoms with van der Waals surface area (Å²) in [6.07, 6.45) is 2.58. The lowest BCUT2D eigenvalue weighted by atomic mass is 10.2.